The fraction of sp³-hybridized carbons (Fsp3) is 0.929. The molecule has 0 aromatic carbocycles. The van der Waals surface area contributed by atoms with Gasteiger partial charge in [-0.2, -0.15) is 0 Å². The quantitative estimate of drug-likeness (QED) is 0.672. The van der Waals surface area contributed by atoms with Gasteiger partial charge in [-0.3, -0.25) is 9.69 Å². The summed E-state index contributed by atoms with van der Waals surface area (Å²) < 4.78 is 0. The van der Waals surface area contributed by atoms with E-state index < -0.39 is 0 Å². The molecule has 0 spiro atoms. The van der Waals surface area contributed by atoms with E-state index >= 15 is 0 Å². The fourth-order valence-corrected chi connectivity index (χ4v) is 2.66. The highest BCUT2D eigenvalue weighted by atomic mass is 16.1. The number of likely N-dealkylation sites (tertiary alicyclic amines) is 1. The summed E-state index contributed by atoms with van der Waals surface area (Å²) in [5.74, 6) is 0.534. The van der Waals surface area contributed by atoms with Crippen molar-refractivity contribution < 1.29 is 4.79 Å². The van der Waals surface area contributed by atoms with Crippen molar-refractivity contribution in [1.29, 1.82) is 0 Å². The topological polar surface area (TPSA) is 58.4 Å². The van der Waals surface area contributed by atoms with Crippen molar-refractivity contribution in [2.24, 2.45) is 17.6 Å². The first-order chi connectivity index (χ1) is 8.54. The molecule has 0 aromatic rings. The maximum Gasteiger partial charge on any atom is 0.221 e. The van der Waals surface area contributed by atoms with Crippen LogP contribution in [0.4, 0.5) is 0 Å². The molecular weight excluding hydrogens is 226 g/mol. The van der Waals surface area contributed by atoms with Gasteiger partial charge in [0.1, 0.15) is 0 Å². The molecule has 0 aliphatic carbocycles. The number of hydrogen-bond acceptors (Lipinski definition) is 3. The zero-order valence-electron chi connectivity index (χ0n) is 12.1. The predicted octanol–water partition coefficient (Wildman–Crippen LogP) is 1.21. The van der Waals surface area contributed by atoms with E-state index in [9.17, 15) is 4.79 Å². The number of rotatable bonds is 7. The molecule has 1 fully saturated rings. The molecule has 4 heteroatoms. The molecule has 1 rings (SSSR count). The number of primary amides is 1. The number of piperidine rings is 1. The Kier molecular flexibility index (Phi) is 6.65. The van der Waals surface area contributed by atoms with Gasteiger partial charge in [0.05, 0.1) is 5.92 Å². The summed E-state index contributed by atoms with van der Waals surface area (Å²) in [6.45, 7) is 10.7. The highest BCUT2D eigenvalue weighted by Gasteiger charge is 2.29. The monoisotopic (exact) mass is 255 g/mol. The van der Waals surface area contributed by atoms with Crippen molar-refractivity contribution in [1.82, 2.24) is 10.2 Å². The molecular formula is C14H29N3O. The minimum Gasteiger partial charge on any atom is -0.369 e. The zero-order chi connectivity index (χ0) is 13.5. The lowest BCUT2D eigenvalue weighted by Crippen LogP contribution is -2.48. The first kappa shape index (κ1) is 15.4. The average molecular weight is 255 g/mol. The molecule has 1 aliphatic heterocycles. The van der Waals surface area contributed by atoms with Crippen LogP contribution in [-0.2, 0) is 4.79 Å². The SMILES string of the molecule is CCCNCC(C)CN1CC(C(N)=O)CCC1C. The fourth-order valence-electron chi connectivity index (χ4n) is 2.66. The lowest BCUT2D eigenvalue weighted by Gasteiger charge is -2.38. The third-order valence-electron chi connectivity index (χ3n) is 3.88. The Balaban J connectivity index is 2.35. The van der Waals surface area contributed by atoms with Gasteiger partial charge >= 0.3 is 0 Å². The van der Waals surface area contributed by atoms with Crippen LogP contribution in [0.5, 0.6) is 0 Å². The maximum atomic E-state index is 11.3. The summed E-state index contributed by atoms with van der Waals surface area (Å²) in [6.07, 6.45) is 3.22. The van der Waals surface area contributed by atoms with Gasteiger partial charge in [0.25, 0.3) is 0 Å². The van der Waals surface area contributed by atoms with Gasteiger partial charge in [-0.15, -0.1) is 0 Å². The average Bonchev–Trinajstić information content (AvgIpc) is 2.32. The van der Waals surface area contributed by atoms with Crippen LogP contribution in [0.15, 0.2) is 0 Å². The lowest BCUT2D eigenvalue weighted by atomic mass is 9.92. The molecule has 1 amide bonds. The van der Waals surface area contributed by atoms with Crippen LogP contribution < -0.4 is 11.1 Å². The van der Waals surface area contributed by atoms with Crippen molar-refractivity contribution >= 4 is 5.91 Å². The van der Waals surface area contributed by atoms with Crippen LogP contribution in [0.3, 0.4) is 0 Å². The van der Waals surface area contributed by atoms with E-state index in [0.717, 1.165) is 39.0 Å². The minimum absolute atomic E-state index is 0.0528. The molecule has 3 unspecified atom stereocenters. The normalized spacial score (nSPS) is 27.1. The smallest absolute Gasteiger partial charge is 0.221 e. The summed E-state index contributed by atoms with van der Waals surface area (Å²) in [4.78, 5) is 13.7. The summed E-state index contributed by atoms with van der Waals surface area (Å²) in [7, 11) is 0. The van der Waals surface area contributed by atoms with E-state index in [0.29, 0.717) is 12.0 Å². The largest absolute Gasteiger partial charge is 0.369 e. The third-order valence-corrected chi connectivity index (χ3v) is 3.88. The number of nitrogens with one attached hydrogen (secondary N) is 1. The summed E-state index contributed by atoms with van der Waals surface area (Å²) >= 11 is 0. The number of nitrogens with two attached hydrogens (primary N) is 1. The van der Waals surface area contributed by atoms with Gasteiger partial charge < -0.3 is 11.1 Å². The number of nitrogens with zero attached hydrogens (tertiary/aromatic N) is 1. The molecule has 3 atom stereocenters. The molecule has 4 nitrogen and oxygen atoms in total. The summed E-state index contributed by atoms with van der Waals surface area (Å²) in [5, 5.41) is 3.45. The van der Waals surface area contributed by atoms with Crippen LogP contribution in [0.25, 0.3) is 0 Å². The Morgan fingerprint density at radius 2 is 2.22 bits per heavy atom. The standard InChI is InChI=1S/C14H29N3O/c1-4-7-16-8-11(2)9-17-10-13(14(15)18)6-5-12(17)3/h11-13,16H,4-10H2,1-3H3,(H2,15,18). The molecule has 1 heterocycles. The molecule has 1 saturated heterocycles. The van der Waals surface area contributed by atoms with Gasteiger partial charge in [-0.1, -0.05) is 13.8 Å². The highest BCUT2D eigenvalue weighted by Crippen LogP contribution is 2.22. The number of carbonyl (C=O) groups excluding carboxylic acids is 1. The Labute approximate surface area is 111 Å². The highest BCUT2D eigenvalue weighted by molar-refractivity contribution is 5.76. The first-order valence-electron chi connectivity index (χ1n) is 7.28. The van der Waals surface area contributed by atoms with Crippen LogP contribution in [0.2, 0.25) is 0 Å². The third kappa shape index (κ3) is 4.94. The van der Waals surface area contributed by atoms with Gasteiger partial charge in [-0.05, 0) is 45.2 Å². The van der Waals surface area contributed by atoms with E-state index in [4.69, 9.17) is 5.73 Å². The molecule has 0 saturated carbocycles. The zero-order valence-corrected chi connectivity index (χ0v) is 12.1. The Morgan fingerprint density at radius 3 is 2.83 bits per heavy atom. The van der Waals surface area contributed by atoms with Crippen molar-refractivity contribution in [3.05, 3.63) is 0 Å². The van der Waals surface area contributed by atoms with E-state index in [1.165, 1.54) is 6.42 Å². The second-order valence-electron chi connectivity index (χ2n) is 5.79. The molecule has 106 valence electrons. The maximum absolute atomic E-state index is 11.3. The molecule has 3 N–H and O–H groups in total. The van der Waals surface area contributed by atoms with E-state index in [1.807, 2.05) is 0 Å². The van der Waals surface area contributed by atoms with Gasteiger partial charge in [0, 0.05) is 19.1 Å². The van der Waals surface area contributed by atoms with Crippen molar-refractivity contribution in [3.8, 4) is 0 Å². The van der Waals surface area contributed by atoms with Crippen LogP contribution >= 0.6 is 0 Å². The number of hydrogen-bond donors (Lipinski definition) is 2. The van der Waals surface area contributed by atoms with Gasteiger partial charge in [-0.25, -0.2) is 0 Å². The van der Waals surface area contributed by atoms with Crippen LogP contribution in [0.1, 0.15) is 40.0 Å². The lowest BCUT2D eigenvalue weighted by molar-refractivity contribution is -0.124. The molecule has 0 aromatic heterocycles. The minimum atomic E-state index is -0.135. The second kappa shape index (κ2) is 7.74. The van der Waals surface area contributed by atoms with Crippen molar-refractivity contribution in [3.63, 3.8) is 0 Å². The summed E-state index contributed by atoms with van der Waals surface area (Å²) in [5.41, 5.74) is 5.43. The van der Waals surface area contributed by atoms with Crippen molar-refractivity contribution in [2.75, 3.05) is 26.2 Å². The predicted molar refractivity (Wildman–Crippen MR) is 75.3 cm³/mol. The van der Waals surface area contributed by atoms with Crippen LogP contribution in [-0.4, -0.2) is 43.0 Å². The van der Waals surface area contributed by atoms with Crippen LogP contribution in [0, 0.1) is 11.8 Å². The van der Waals surface area contributed by atoms with E-state index in [1.54, 1.807) is 0 Å². The van der Waals surface area contributed by atoms with Crippen molar-refractivity contribution in [2.45, 2.75) is 46.1 Å². The van der Waals surface area contributed by atoms with Gasteiger partial charge in [0.15, 0.2) is 0 Å². The van der Waals surface area contributed by atoms with E-state index in [-0.39, 0.29) is 11.8 Å². The summed E-state index contributed by atoms with van der Waals surface area (Å²) in [6, 6.07) is 0.578. The first-order valence-corrected chi connectivity index (χ1v) is 7.28. The van der Waals surface area contributed by atoms with E-state index in [2.05, 4.69) is 31.0 Å². The Morgan fingerprint density at radius 1 is 1.50 bits per heavy atom. The Bertz CT molecular complexity index is 257. The van der Waals surface area contributed by atoms with Gasteiger partial charge in [0.2, 0.25) is 5.91 Å². The molecule has 0 bridgehead atoms. The molecule has 0 radical (unpaired) electrons. The molecule has 18 heavy (non-hydrogen) atoms. The number of carbonyl (C=O) groups is 1. The second-order valence-corrected chi connectivity index (χ2v) is 5.79. The molecule has 1 aliphatic rings. The number of amides is 1. The Hall–Kier alpha value is -0.610.